The van der Waals surface area contributed by atoms with Gasteiger partial charge in [0.25, 0.3) is 5.91 Å². The zero-order chi connectivity index (χ0) is 14.1. The number of hydrogen-bond donors (Lipinski definition) is 0. The Hall–Kier alpha value is -1.88. The highest BCUT2D eigenvalue weighted by Gasteiger charge is 2.22. The van der Waals surface area contributed by atoms with Crippen LogP contribution < -0.4 is 0 Å². The minimum absolute atomic E-state index is 0.124. The molecule has 0 unspecified atom stereocenters. The van der Waals surface area contributed by atoms with E-state index in [0.29, 0.717) is 0 Å². The molecule has 0 bridgehead atoms. The van der Waals surface area contributed by atoms with Crippen LogP contribution in [0.2, 0.25) is 0 Å². The minimum atomic E-state index is 0.124. The SMILES string of the molecule is CN1CCCN(C(=O)c2cn(C)c3ncccc23)CC1. The molecule has 5 nitrogen and oxygen atoms in total. The van der Waals surface area contributed by atoms with Crippen molar-refractivity contribution in [1.29, 1.82) is 0 Å². The molecule has 1 amide bonds. The van der Waals surface area contributed by atoms with Gasteiger partial charge >= 0.3 is 0 Å². The van der Waals surface area contributed by atoms with Crippen molar-refractivity contribution in [2.75, 3.05) is 33.2 Å². The molecule has 0 saturated carbocycles. The molecule has 1 aliphatic rings. The van der Waals surface area contributed by atoms with Crippen molar-refractivity contribution in [3.05, 3.63) is 30.1 Å². The van der Waals surface area contributed by atoms with Crippen molar-refractivity contribution in [2.24, 2.45) is 7.05 Å². The number of pyridine rings is 1. The first-order chi connectivity index (χ1) is 9.66. The Morgan fingerprint density at radius 1 is 1.20 bits per heavy atom. The number of carbonyl (C=O) groups is 1. The average molecular weight is 272 g/mol. The lowest BCUT2D eigenvalue weighted by Gasteiger charge is -2.20. The molecule has 2 aromatic heterocycles. The Balaban J connectivity index is 1.92. The predicted molar refractivity (Wildman–Crippen MR) is 78.7 cm³/mol. The maximum absolute atomic E-state index is 12.8. The third kappa shape index (κ3) is 2.29. The first-order valence-corrected chi connectivity index (χ1v) is 7.04. The summed E-state index contributed by atoms with van der Waals surface area (Å²) < 4.78 is 1.92. The van der Waals surface area contributed by atoms with Crippen LogP contribution in [-0.4, -0.2) is 58.5 Å². The van der Waals surface area contributed by atoms with Crippen molar-refractivity contribution in [1.82, 2.24) is 19.4 Å². The number of hydrogen-bond acceptors (Lipinski definition) is 3. The Kier molecular flexibility index (Phi) is 3.44. The van der Waals surface area contributed by atoms with E-state index >= 15 is 0 Å². The molecule has 2 aromatic rings. The number of likely N-dealkylation sites (N-methyl/N-ethyl adjacent to an activating group) is 1. The summed E-state index contributed by atoms with van der Waals surface area (Å²) >= 11 is 0. The summed E-state index contributed by atoms with van der Waals surface area (Å²) in [6.45, 7) is 3.63. The molecule has 20 heavy (non-hydrogen) atoms. The molecule has 1 saturated heterocycles. The van der Waals surface area contributed by atoms with Gasteiger partial charge < -0.3 is 14.4 Å². The van der Waals surface area contributed by atoms with Crippen LogP contribution in [0.5, 0.6) is 0 Å². The van der Waals surface area contributed by atoms with E-state index in [0.717, 1.165) is 49.2 Å². The van der Waals surface area contributed by atoms with Gasteiger partial charge in [-0.25, -0.2) is 4.98 Å². The van der Waals surface area contributed by atoms with Gasteiger partial charge in [-0.1, -0.05) is 0 Å². The summed E-state index contributed by atoms with van der Waals surface area (Å²) in [7, 11) is 4.04. The van der Waals surface area contributed by atoms with Crippen LogP contribution in [0.25, 0.3) is 11.0 Å². The number of aromatic nitrogens is 2. The molecule has 0 atom stereocenters. The number of aryl methyl sites for hydroxylation is 1. The summed E-state index contributed by atoms with van der Waals surface area (Å²) in [4.78, 5) is 21.3. The van der Waals surface area contributed by atoms with Crippen LogP contribution in [0.4, 0.5) is 0 Å². The largest absolute Gasteiger partial charge is 0.337 e. The van der Waals surface area contributed by atoms with Crippen molar-refractivity contribution in [3.8, 4) is 0 Å². The quantitative estimate of drug-likeness (QED) is 0.787. The van der Waals surface area contributed by atoms with Gasteiger partial charge in [0.2, 0.25) is 0 Å². The first kappa shape index (κ1) is 13.1. The van der Waals surface area contributed by atoms with Gasteiger partial charge in [-0.15, -0.1) is 0 Å². The van der Waals surface area contributed by atoms with Crippen molar-refractivity contribution < 1.29 is 4.79 Å². The third-order valence-corrected chi connectivity index (χ3v) is 3.97. The fourth-order valence-electron chi connectivity index (χ4n) is 2.80. The lowest BCUT2D eigenvalue weighted by molar-refractivity contribution is 0.0764. The molecule has 0 aromatic carbocycles. The molecule has 1 fully saturated rings. The van der Waals surface area contributed by atoms with Crippen LogP contribution >= 0.6 is 0 Å². The molecular weight excluding hydrogens is 252 g/mol. The van der Waals surface area contributed by atoms with Gasteiger partial charge in [-0.2, -0.15) is 0 Å². The zero-order valence-electron chi connectivity index (χ0n) is 12.0. The van der Waals surface area contributed by atoms with Gasteiger partial charge in [0.15, 0.2) is 0 Å². The highest BCUT2D eigenvalue weighted by Crippen LogP contribution is 2.20. The van der Waals surface area contributed by atoms with E-state index in [1.807, 2.05) is 34.8 Å². The molecule has 0 radical (unpaired) electrons. The second-order valence-corrected chi connectivity index (χ2v) is 5.48. The maximum Gasteiger partial charge on any atom is 0.256 e. The summed E-state index contributed by atoms with van der Waals surface area (Å²) in [5, 5.41) is 0.942. The summed E-state index contributed by atoms with van der Waals surface area (Å²) in [6, 6.07) is 3.86. The smallest absolute Gasteiger partial charge is 0.256 e. The molecule has 106 valence electrons. The van der Waals surface area contributed by atoms with Gasteiger partial charge in [-0.3, -0.25) is 4.79 Å². The second-order valence-electron chi connectivity index (χ2n) is 5.48. The van der Waals surface area contributed by atoms with Crippen LogP contribution in [0.1, 0.15) is 16.8 Å². The average Bonchev–Trinajstić information content (AvgIpc) is 2.64. The lowest BCUT2D eigenvalue weighted by Crippen LogP contribution is -2.34. The highest BCUT2D eigenvalue weighted by atomic mass is 16.2. The monoisotopic (exact) mass is 272 g/mol. The van der Waals surface area contributed by atoms with E-state index in [1.165, 1.54) is 0 Å². The van der Waals surface area contributed by atoms with Crippen LogP contribution in [0.3, 0.4) is 0 Å². The van der Waals surface area contributed by atoms with Gasteiger partial charge in [0.1, 0.15) is 5.65 Å². The minimum Gasteiger partial charge on any atom is -0.337 e. The Morgan fingerprint density at radius 3 is 2.90 bits per heavy atom. The highest BCUT2D eigenvalue weighted by molar-refractivity contribution is 6.06. The van der Waals surface area contributed by atoms with Gasteiger partial charge in [0, 0.05) is 44.5 Å². The standard InChI is InChI=1S/C15H20N4O/c1-17-7-4-8-19(10-9-17)15(20)13-11-18(2)14-12(13)5-3-6-16-14/h3,5-6,11H,4,7-10H2,1-2H3. The van der Waals surface area contributed by atoms with Crippen LogP contribution in [0, 0.1) is 0 Å². The fraction of sp³-hybridized carbons (Fsp3) is 0.467. The van der Waals surface area contributed by atoms with E-state index in [9.17, 15) is 4.79 Å². The number of nitrogens with zero attached hydrogens (tertiary/aromatic N) is 4. The number of amides is 1. The van der Waals surface area contributed by atoms with Gasteiger partial charge in [-0.05, 0) is 32.1 Å². The molecule has 3 heterocycles. The van der Waals surface area contributed by atoms with Crippen molar-refractivity contribution in [3.63, 3.8) is 0 Å². The number of rotatable bonds is 1. The summed E-state index contributed by atoms with van der Waals surface area (Å²) in [6.07, 6.45) is 4.69. The maximum atomic E-state index is 12.8. The lowest BCUT2D eigenvalue weighted by atomic mass is 10.2. The normalized spacial score (nSPS) is 17.4. The third-order valence-electron chi connectivity index (χ3n) is 3.97. The van der Waals surface area contributed by atoms with E-state index in [-0.39, 0.29) is 5.91 Å². The van der Waals surface area contributed by atoms with Crippen molar-refractivity contribution in [2.45, 2.75) is 6.42 Å². The summed E-state index contributed by atoms with van der Waals surface area (Å²) in [5.74, 6) is 0.124. The fourth-order valence-corrected chi connectivity index (χ4v) is 2.80. The van der Waals surface area contributed by atoms with E-state index in [1.54, 1.807) is 6.20 Å². The Bertz CT molecular complexity index is 634. The van der Waals surface area contributed by atoms with Crippen molar-refractivity contribution >= 4 is 16.9 Å². The van der Waals surface area contributed by atoms with Gasteiger partial charge in [0.05, 0.1) is 5.56 Å². The summed E-state index contributed by atoms with van der Waals surface area (Å²) in [5.41, 5.74) is 1.63. The second kappa shape index (κ2) is 5.25. The topological polar surface area (TPSA) is 41.4 Å². The molecular formula is C15H20N4O. The molecule has 5 heteroatoms. The number of carbonyl (C=O) groups excluding carboxylic acids is 1. The Labute approximate surface area is 118 Å². The van der Waals surface area contributed by atoms with Crippen LogP contribution in [-0.2, 0) is 7.05 Å². The molecule has 0 aliphatic carbocycles. The molecule has 3 rings (SSSR count). The number of fused-ring (bicyclic) bond motifs is 1. The van der Waals surface area contributed by atoms with Crippen LogP contribution in [0.15, 0.2) is 24.5 Å². The van der Waals surface area contributed by atoms with E-state index in [2.05, 4.69) is 16.9 Å². The molecule has 1 aliphatic heterocycles. The van der Waals surface area contributed by atoms with E-state index < -0.39 is 0 Å². The first-order valence-electron chi connectivity index (χ1n) is 7.04. The zero-order valence-corrected chi connectivity index (χ0v) is 12.0. The Morgan fingerprint density at radius 2 is 2.05 bits per heavy atom. The molecule has 0 N–H and O–H groups in total. The van der Waals surface area contributed by atoms with E-state index in [4.69, 9.17) is 0 Å². The molecule has 0 spiro atoms. The predicted octanol–water partition coefficient (Wildman–Crippen LogP) is 1.35.